The first-order valence-corrected chi connectivity index (χ1v) is 7.72. The number of amidine groups is 1. The molecule has 0 saturated carbocycles. The predicted molar refractivity (Wildman–Crippen MR) is 91.3 cm³/mol. The Hall–Kier alpha value is -2.95. The minimum atomic E-state index is -0.286. The summed E-state index contributed by atoms with van der Waals surface area (Å²) in [5.41, 5.74) is 2.08. The molecule has 0 saturated heterocycles. The number of hydrogen-bond acceptors (Lipinski definition) is 3. The summed E-state index contributed by atoms with van der Waals surface area (Å²) in [5.74, 6) is 0.777. The number of nitrogens with zero attached hydrogens (tertiary/aromatic N) is 1. The molecule has 1 aliphatic rings. The first-order valence-electron chi connectivity index (χ1n) is 7.72. The van der Waals surface area contributed by atoms with E-state index in [1.54, 1.807) is 18.2 Å². The molecule has 0 bridgehead atoms. The molecule has 0 fully saturated rings. The summed E-state index contributed by atoms with van der Waals surface area (Å²) in [6.07, 6.45) is 2.16. The van der Waals surface area contributed by atoms with Gasteiger partial charge in [-0.15, -0.1) is 0 Å². The first-order chi connectivity index (χ1) is 11.6. The van der Waals surface area contributed by atoms with Gasteiger partial charge in [0.15, 0.2) is 0 Å². The second-order valence-electron chi connectivity index (χ2n) is 5.35. The fraction of sp³-hybridized carbons (Fsp3) is 0.158. The summed E-state index contributed by atoms with van der Waals surface area (Å²) < 4.78 is 18.4. The summed E-state index contributed by atoms with van der Waals surface area (Å²) in [6, 6.07) is 13.6. The number of carbonyl (C=O) groups excluding carboxylic acids is 1. The quantitative estimate of drug-likeness (QED) is 0.858. The fourth-order valence-electron chi connectivity index (χ4n) is 2.42. The zero-order valence-electron chi connectivity index (χ0n) is 13.3. The van der Waals surface area contributed by atoms with Crippen molar-refractivity contribution in [2.45, 2.75) is 13.3 Å². The number of hydrogen-bond donors (Lipinski definition) is 1. The van der Waals surface area contributed by atoms with Crippen LogP contribution in [0, 0.1) is 5.82 Å². The van der Waals surface area contributed by atoms with Crippen LogP contribution in [0.1, 0.15) is 18.1 Å². The highest BCUT2D eigenvalue weighted by Gasteiger charge is 2.20. The molecule has 0 aliphatic carbocycles. The van der Waals surface area contributed by atoms with Gasteiger partial charge in [-0.3, -0.25) is 4.79 Å². The normalized spacial score (nSPS) is 15.3. The fourth-order valence-corrected chi connectivity index (χ4v) is 2.42. The minimum absolute atomic E-state index is 0.242. The molecule has 4 nitrogen and oxygen atoms in total. The van der Waals surface area contributed by atoms with Gasteiger partial charge in [0, 0.05) is 6.42 Å². The second kappa shape index (κ2) is 7.08. The number of amides is 1. The number of aliphatic imine (C=N–C) groups is 1. The summed E-state index contributed by atoms with van der Waals surface area (Å²) >= 11 is 0. The average molecular weight is 324 g/mol. The third-order valence-corrected chi connectivity index (χ3v) is 3.50. The van der Waals surface area contributed by atoms with Gasteiger partial charge in [-0.25, -0.2) is 9.38 Å². The highest BCUT2D eigenvalue weighted by molar-refractivity contribution is 6.14. The molecule has 0 spiro atoms. The summed E-state index contributed by atoms with van der Waals surface area (Å²) in [7, 11) is 0. The summed E-state index contributed by atoms with van der Waals surface area (Å²) in [6.45, 7) is 2.50. The van der Waals surface area contributed by atoms with E-state index in [0.29, 0.717) is 24.6 Å². The maximum atomic E-state index is 12.9. The van der Waals surface area contributed by atoms with Crippen LogP contribution in [0.15, 0.2) is 59.2 Å². The summed E-state index contributed by atoms with van der Waals surface area (Å²) in [4.78, 5) is 16.4. The van der Waals surface area contributed by atoms with Crippen LogP contribution in [-0.4, -0.2) is 18.3 Å². The van der Waals surface area contributed by atoms with Crippen molar-refractivity contribution < 1.29 is 13.9 Å². The zero-order valence-corrected chi connectivity index (χ0v) is 13.3. The van der Waals surface area contributed by atoms with Gasteiger partial charge in [0.2, 0.25) is 0 Å². The predicted octanol–water partition coefficient (Wildman–Crippen LogP) is 3.34. The van der Waals surface area contributed by atoms with E-state index in [1.165, 1.54) is 12.1 Å². The lowest BCUT2D eigenvalue weighted by molar-refractivity contribution is -0.115. The topological polar surface area (TPSA) is 50.7 Å². The van der Waals surface area contributed by atoms with Crippen LogP contribution < -0.4 is 10.1 Å². The van der Waals surface area contributed by atoms with E-state index in [4.69, 9.17) is 4.74 Å². The lowest BCUT2D eigenvalue weighted by Gasteiger charge is -2.03. The smallest absolute Gasteiger partial charge is 0.275 e. The summed E-state index contributed by atoms with van der Waals surface area (Å²) in [5, 5.41) is 2.74. The molecule has 24 heavy (non-hydrogen) atoms. The largest absolute Gasteiger partial charge is 0.494 e. The third kappa shape index (κ3) is 3.87. The van der Waals surface area contributed by atoms with Crippen LogP contribution in [0.25, 0.3) is 6.08 Å². The van der Waals surface area contributed by atoms with E-state index in [0.717, 1.165) is 16.9 Å². The minimum Gasteiger partial charge on any atom is -0.494 e. The van der Waals surface area contributed by atoms with Crippen LogP contribution in [0.4, 0.5) is 4.39 Å². The Morgan fingerprint density at radius 1 is 1.21 bits per heavy atom. The van der Waals surface area contributed by atoms with Gasteiger partial charge in [0.1, 0.15) is 23.1 Å². The Morgan fingerprint density at radius 2 is 2.00 bits per heavy atom. The Labute approximate surface area is 139 Å². The van der Waals surface area contributed by atoms with Gasteiger partial charge in [0.25, 0.3) is 5.91 Å². The van der Waals surface area contributed by atoms with E-state index >= 15 is 0 Å². The Morgan fingerprint density at radius 3 is 2.75 bits per heavy atom. The molecule has 122 valence electrons. The Balaban J connectivity index is 1.78. The van der Waals surface area contributed by atoms with Crippen LogP contribution in [0.3, 0.4) is 0 Å². The molecule has 0 radical (unpaired) electrons. The first kappa shape index (κ1) is 15.9. The maximum Gasteiger partial charge on any atom is 0.275 e. The van der Waals surface area contributed by atoms with Crippen LogP contribution in [0.2, 0.25) is 0 Å². The standard InChI is InChI=1S/C19H17FN2O2/c1-2-24-16-5-3-4-14(10-16)11-17-19(23)22-18(21-17)12-13-6-8-15(20)9-7-13/h3-11H,2,12H2,1H3,(H,21,22,23)/b17-11+. The van der Waals surface area contributed by atoms with Crippen molar-refractivity contribution >= 4 is 17.8 Å². The monoisotopic (exact) mass is 324 g/mol. The van der Waals surface area contributed by atoms with E-state index in [-0.39, 0.29) is 11.7 Å². The highest BCUT2D eigenvalue weighted by Crippen LogP contribution is 2.18. The van der Waals surface area contributed by atoms with Crippen molar-refractivity contribution in [2.75, 3.05) is 6.61 Å². The molecule has 0 aromatic heterocycles. The molecule has 3 rings (SSSR count). The number of ether oxygens (including phenoxy) is 1. The van der Waals surface area contributed by atoms with Gasteiger partial charge >= 0.3 is 0 Å². The van der Waals surface area contributed by atoms with Gasteiger partial charge in [-0.05, 0) is 48.4 Å². The van der Waals surface area contributed by atoms with E-state index < -0.39 is 0 Å². The second-order valence-corrected chi connectivity index (χ2v) is 5.35. The Kier molecular flexibility index (Phi) is 4.70. The molecular weight excluding hydrogens is 307 g/mol. The number of rotatable bonds is 5. The van der Waals surface area contributed by atoms with Gasteiger partial charge in [-0.1, -0.05) is 24.3 Å². The molecule has 5 heteroatoms. The number of benzene rings is 2. The molecule has 0 atom stereocenters. The molecule has 0 unspecified atom stereocenters. The van der Waals surface area contributed by atoms with Gasteiger partial charge in [-0.2, -0.15) is 0 Å². The van der Waals surface area contributed by atoms with Crippen molar-refractivity contribution in [3.8, 4) is 5.75 Å². The van der Waals surface area contributed by atoms with Crippen molar-refractivity contribution in [3.05, 3.63) is 71.2 Å². The molecule has 1 N–H and O–H groups in total. The van der Waals surface area contributed by atoms with E-state index in [9.17, 15) is 9.18 Å². The molecule has 1 heterocycles. The highest BCUT2D eigenvalue weighted by atomic mass is 19.1. The van der Waals surface area contributed by atoms with Gasteiger partial charge in [0.05, 0.1) is 6.61 Å². The number of carbonyl (C=O) groups is 1. The van der Waals surface area contributed by atoms with E-state index in [2.05, 4.69) is 10.3 Å². The zero-order chi connectivity index (χ0) is 16.9. The van der Waals surface area contributed by atoms with Crippen molar-refractivity contribution in [1.29, 1.82) is 0 Å². The van der Waals surface area contributed by atoms with Crippen LogP contribution in [0.5, 0.6) is 5.75 Å². The third-order valence-electron chi connectivity index (χ3n) is 3.50. The van der Waals surface area contributed by atoms with E-state index in [1.807, 2.05) is 31.2 Å². The van der Waals surface area contributed by atoms with Crippen LogP contribution in [-0.2, 0) is 11.2 Å². The molecule has 2 aromatic rings. The molecule has 1 aliphatic heterocycles. The molecular formula is C19H17FN2O2. The Bertz CT molecular complexity index is 810. The van der Waals surface area contributed by atoms with Crippen molar-refractivity contribution in [1.82, 2.24) is 5.32 Å². The molecule has 1 amide bonds. The van der Waals surface area contributed by atoms with Crippen molar-refractivity contribution in [3.63, 3.8) is 0 Å². The van der Waals surface area contributed by atoms with Gasteiger partial charge < -0.3 is 10.1 Å². The van der Waals surface area contributed by atoms with Crippen molar-refractivity contribution in [2.24, 2.45) is 4.99 Å². The average Bonchev–Trinajstić information content (AvgIpc) is 2.90. The number of nitrogens with one attached hydrogen (secondary N) is 1. The molecule has 2 aromatic carbocycles. The SMILES string of the molecule is CCOc1cccc(/C=C2/N=C(Cc3ccc(F)cc3)NC2=O)c1. The number of halogens is 1. The lowest BCUT2D eigenvalue weighted by Crippen LogP contribution is -2.25. The van der Waals surface area contributed by atoms with Crippen LogP contribution >= 0.6 is 0 Å². The lowest BCUT2D eigenvalue weighted by atomic mass is 10.1. The maximum absolute atomic E-state index is 12.9.